The fourth-order valence-electron chi connectivity index (χ4n) is 0.826. The van der Waals surface area contributed by atoms with E-state index in [0.29, 0.717) is 6.07 Å². The van der Waals surface area contributed by atoms with Crippen molar-refractivity contribution in [3.05, 3.63) is 33.7 Å². The van der Waals surface area contributed by atoms with E-state index < -0.39 is 22.9 Å². The number of rotatable bonds is 0. The molecule has 0 aromatic carbocycles. The minimum Gasteiger partial charge on any atom is -0.328 e. The van der Waals surface area contributed by atoms with Crippen LogP contribution in [0, 0.1) is 11.3 Å². The lowest BCUT2D eigenvalue weighted by Crippen LogP contribution is -2.18. The summed E-state index contributed by atoms with van der Waals surface area (Å²) < 4.78 is 36.3. The van der Waals surface area contributed by atoms with Gasteiger partial charge >= 0.3 is 6.18 Å². The highest BCUT2D eigenvalue weighted by Crippen LogP contribution is 2.29. The van der Waals surface area contributed by atoms with Gasteiger partial charge in [-0.15, -0.1) is 0 Å². The lowest BCUT2D eigenvalue weighted by molar-refractivity contribution is -0.137. The number of aromatic amines is 1. The van der Waals surface area contributed by atoms with E-state index in [9.17, 15) is 18.0 Å². The maximum absolute atomic E-state index is 12.1. The summed E-state index contributed by atoms with van der Waals surface area (Å²) in [4.78, 5) is 12.7. The topological polar surface area (TPSA) is 56.6 Å². The van der Waals surface area contributed by atoms with Crippen LogP contribution >= 0.6 is 0 Å². The molecule has 68 valence electrons. The summed E-state index contributed by atoms with van der Waals surface area (Å²) in [5.74, 6) is 0. The number of hydrogen-bond donors (Lipinski definition) is 1. The maximum Gasteiger partial charge on any atom is 0.417 e. The molecule has 0 fully saturated rings. The molecule has 1 heterocycles. The van der Waals surface area contributed by atoms with E-state index in [-0.39, 0.29) is 0 Å². The molecule has 0 amide bonds. The van der Waals surface area contributed by atoms with E-state index in [1.807, 2.05) is 4.98 Å². The summed E-state index contributed by atoms with van der Waals surface area (Å²) in [6.45, 7) is 0. The monoisotopic (exact) mass is 188 g/mol. The zero-order valence-corrected chi connectivity index (χ0v) is 6.14. The van der Waals surface area contributed by atoms with E-state index in [0.717, 1.165) is 6.20 Å². The second-order valence-electron chi connectivity index (χ2n) is 2.21. The molecule has 3 nitrogen and oxygen atoms in total. The molecular formula is C7H3F3N2O. The van der Waals surface area contributed by atoms with Gasteiger partial charge < -0.3 is 4.98 Å². The van der Waals surface area contributed by atoms with Crippen LogP contribution in [0.4, 0.5) is 13.2 Å². The Kier molecular flexibility index (Phi) is 2.10. The number of pyridine rings is 1. The van der Waals surface area contributed by atoms with Gasteiger partial charge in [-0.3, -0.25) is 4.79 Å². The Hall–Kier alpha value is -1.77. The third-order valence-electron chi connectivity index (χ3n) is 1.38. The number of nitrogens with zero attached hydrogens (tertiary/aromatic N) is 1. The molecule has 0 aliphatic carbocycles. The molecule has 0 saturated carbocycles. The molecule has 0 spiro atoms. The van der Waals surface area contributed by atoms with Gasteiger partial charge in [-0.2, -0.15) is 18.4 Å². The lowest BCUT2D eigenvalue weighted by Gasteiger charge is -2.06. The molecule has 1 aromatic heterocycles. The van der Waals surface area contributed by atoms with Crippen LogP contribution in [0.25, 0.3) is 0 Å². The van der Waals surface area contributed by atoms with Gasteiger partial charge in [-0.1, -0.05) is 0 Å². The summed E-state index contributed by atoms with van der Waals surface area (Å²) in [5, 5.41) is 8.29. The molecule has 6 heteroatoms. The SMILES string of the molecule is N#Cc1c(C(F)(F)F)cc[nH]c1=O. The number of hydrogen-bond acceptors (Lipinski definition) is 2. The summed E-state index contributed by atoms with van der Waals surface area (Å²) in [7, 11) is 0. The quantitative estimate of drug-likeness (QED) is 0.666. The van der Waals surface area contributed by atoms with Crippen molar-refractivity contribution < 1.29 is 13.2 Å². The van der Waals surface area contributed by atoms with Crippen molar-refractivity contribution in [1.82, 2.24) is 4.98 Å². The van der Waals surface area contributed by atoms with E-state index in [1.165, 1.54) is 6.07 Å². The third-order valence-corrected chi connectivity index (χ3v) is 1.38. The normalized spacial score (nSPS) is 10.9. The fraction of sp³-hybridized carbons (Fsp3) is 0.143. The molecule has 1 rings (SSSR count). The zero-order valence-electron chi connectivity index (χ0n) is 6.14. The molecule has 0 bridgehead atoms. The van der Waals surface area contributed by atoms with Gasteiger partial charge in [0.2, 0.25) is 0 Å². The first kappa shape index (κ1) is 9.32. The molecule has 0 unspecified atom stereocenters. The van der Waals surface area contributed by atoms with Crippen molar-refractivity contribution in [1.29, 1.82) is 5.26 Å². The van der Waals surface area contributed by atoms with E-state index >= 15 is 0 Å². The molecule has 13 heavy (non-hydrogen) atoms. The first-order valence-corrected chi connectivity index (χ1v) is 3.16. The van der Waals surface area contributed by atoms with Crippen LogP contribution in [-0.4, -0.2) is 4.98 Å². The van der Waals surface area contributed by atoms with Gasteiger partial charge in [0.15, 0.2) is 0 Å². The van der Waals surface area contributed by atoms with Gasteiger partial charge in [0.05, 0.1) is 5.56 Å². The summed E-state index contributed by atoms with van der Waals surface area (Å²) >= 11 is 0. The summed E-state index contributed by atoms with van der Waals surface area (Å²) in [5.41, 5.74) is -3.15. The number of halogens is 3. The van der Waals surface area contributed by atoms with Crippen LogP contribution in [0.5, 0.6) is 0 Å². The van der Waals surface area contributed by atoms with Crippen molar-refractivity contribution >= 4 is 0 Å². The first-order chi connectivity index (χ1) is 5.96. The van der Waals surface area contributed by atoms with Crippen molar-refractivity contribution in [3.8, 4) is 6.07 Å². The van der Waals surface area contributed by atoms with Crippen molar-refractivity contribution in [2.75, 3.05) is 0 Å². The average molecular weight is 188 g/mol. The zero-order chi connectivity index (χ0) is 10.1. The maximum atomic E-state index is 12.1. The van der Waals surface area contributed by atoms with Gasteiger partial charge in [-0.05, 0) is 6.07 Å². The molecule has 0 saturated heterocycles. The molecule has 0 atom stereocenters. The van der Waals surface area contributed by atoms with Gasteiger partial charge in [0, 0.05) is 6.20 Å². The van der Waals surface area contributed by atoms with Crippen LogP contribution in [0.15, 0.2) is 17.1 Å². The van der Waals surface area contributed by atoms with Crippen molar-refractivity contribution in [3.63, 3.8) is 0 Å². The molecule has 1 aromatic rings. The standard InChI is InChI=1S/C7H3F3N2O/c8-7(9,10)5-1-2-12-6(13)4(5)3-11/h1-2H,(H,12,13). The lowest BCUT2D eigenvalue weighted by atomic mass is 10.1. The largest absolute Gasteiger partial charge is 0.417 e. The van der Waals surface area contributed by atoms with Crippen LogP contribution < -0.4 is 5.56 Å². The summed E-state index contributed by atoms with van der Waals surface area (Å²) in [6.07, 6.45) is -3.81. The Morgan fingerprint density at radius 3 is 2.46 bits per heavy atom. The molecular weight excluding hydrogens is 185 g/mol. The Labute approximate surface area is 70.4 Å². The molecule has 1 N–H and O–H groups in total. The summed E-state index contributed by atoms with van der Waals surface area (Å²) in [6, 6.07) is 1.86. The van der Waals surface area contributed by atoms with Crippen molar-refractivity contribution in [2.24, 2.45) is 0 Å². The Morgan fingerprint density at radius 2 is 2.08 bits per heavy atom. The van der Waals surface area contributed by atoms with Crippen LogP contribution in [0.3, 0.4) is 0 Å². The second kappa shape index (κ2) is 2.94. The van der Waals surface area contributed by atoms with E-state index in [2.05, 4.69) is 0 Å². The number of H-pyrrole nitrogens is 1. The predicted octanol–water partition coefficient (Wildman–Crippen LogP) is 1.27. The van der Waals surface area contributed by atoms with E-state index in [1.54, 1.807) is 0 Å². The van der Waals surface area contributed by atoms with Gasteiger partial charge in [0.1, 0.15) is 11.6 Å². The highest BCUT2D eigenvalue weighted by Gasteiger charge is 2.34. The number of nitriles is 1. The Balaban J connectivity index is 3.49. The first-order valence-electron chi connectivity index (χ1n) is 3.16. The number of aromatic nitrogens is 1. The Bertz CT molecular complexity index is 413. The van der Waals surface area contributed by atoms with Crippen LogP contribution in [0.2, 0.25) is 0 Å². The van der Waals surface area contributed by atoms with Gasteiger partial charge in [0.25, 0.3) is 5.56 Å². The molecule has 0 aliphatic rings. The predicted molar refractivity (Wildman–Crippen MR) is 36.8 cm³/mol. The highest BCUT2D eigenvalue weighted by molar-refractivity contribution is 5.36. The molecule has 0 aliphatic heterocycles. The van der Waals surface area contributed by atoms with Crippen molar-refractivity contribution in [2.45, 2.75) is 6.18 Å². The van der Waals surface area contributed by atoms with E-state index in [4.69, 9.17) is 5.26 Å². The fourth-order valence-corrected chi connectivity index (χ4v) is 0.826. The Morgan fingerprint density at radius 1 is 1.46 bits per heavy atom. The van der Waals surface area contributed by atoms with Crippen LogP contribution in [0.1, 0.15) is 11.1 Å². The van der Waals surface area contributed by atoms with Gasteiger partial charge in [-0.25, -0.2) is 0 Å². The second-order valence-corrected chi connectivity index (χ2v) is 2.21. The smallest absolute Gasteiger partial charge is 0.328 e. The highest BCUT2D eigenvalue weighted by atomic mass is 19.4. The van der Waals surface area contributed by atoms with Crippen LogP contribution in [-0.2, 0) is 6.18 Å². The minimum atomic E-state index is -4.67. The average Bonchev–Trinajstić information content (AvgIpc) is 2.02. The number of alkyl halides is 3. The third kappa shape index (κ3) is 1.69. The minimum absolute atomic E-state index is 0.653. The number of nitrogens with one attached hydrogen (secondary N) is 1. The molecule has 0 radical (unpaired) electrons.